The fourth-order valence-electron chi connectivity index (χ4n) is 3.72. The highest BCUT2D eigenvalue weighted by molar-refractivity contribution is 14.1. The van der Waals surface area contributed by atoms with Crippen LogP contribution in [0.5, 0.6) is 5.75 Å². The minimum Gasteiger partial charge on any atom is -0.492 e. The Labute approximate surface area is 201 Å². The summed E-state index contributed by atoms with van der Waals surface area (Å²) in [5.41, 5.74) is 7.78. The van der Waals surface area contributed by atoms with Gasteiger partial charge in [-0.1, -0.05) is 87.5 Å². The average molecular weight is 525 g/mol. The van der Waals surface area contributed by atoms with Crippen LogP contribution in [-0.2, 0) is 0 Å². The second-order valence-electron chi connectivity index (χ2n) is 8.05. The molecule has 0 amide bonds. The summed E-state index contributed by atoms with van der Waals surface area (Å²) >= 11 is 2.28. The summed E-state index contributed by atoms with van der Waals surface area (Å²) in [5, 5.41) is 0. The van der Waals surface area contributed by atoms with Crippen LogP contribution in [0.15, 0.2) is 78.9 Å². The Hall–Kier alpha value is -2.11. The third-order valence-electron chi connectivity index (χ3n) is 5.45. The Bertz CT molecular complexity index is 974. The highest BCUT2D eigenvalue weighted by Gasteiger charge is 2.13. The number of nitrogens with zero attached hydrogens (tertiary/aromatic N) is 1. The fraction of sp³-hybridized carbons (Fsp3) is 0.286. The molecule has 0 heterocycles. The summed E-state index contributed by atoms with van der Waals surface area (Å²) in [6.45, 7) is 8.30. The van der Waals surface area contributed by atoms with Crippen molar-refractivity contribution in [3.63, 3.8) is 0 Å². The SMILES string of the molecule is CC/C(=C(\c1ccccc1)c1ccc(OCCN(C)I)cc1)c1ccc(C(C)C)cc1. The van der Waals surface area contributed by atoms with E-state index in [1.165, 1.54) is 33.4 Å². The average Bonchev–Trinajstić information content (AvgIpc) is 2.78. The summed E-state index contributed by atoms with van der Waals surface area (Å²) < 4.78 is 8.00. The number of likely N-dealkylation sites (N-methyl/N-ethyl adjacent to an activating group) is 1. The zero-order valence-corrected chi connectivity index (χ0v) is 21.1. The van der Waals surface area contributed by atoms with Gasteiger partial charge in [0.15, 0.2) is 0 Å². The zero-order valence-electron chi connectivity index (χ0n) is 18.9. The van der Waals surface area contributed by atoms with E-state index in [2.05, 4.69) is 126 Å². The summed E-state index contributed by atoms with van der Waals surface area (Å²) in [7, 11) is 2.05. The lowest BCUT2D eigenvalue weighted by Crippen LogP contribution is -2.14. The van der Waals surface area contributed by atoms with Gasteiger partial charge in [-0.3, -0.25) is 0 Å². The van der Waals surface area contributed by atoms with Crippen LogP contribution < -0.4 is 4.74 Å². The van der Waals surface area contributed by atoms with Gasteiger partial charge < -0.3 is 4.74 Å². The van der Waals surface area contributed by atoms with Crippen molar-refractivity contribution in [2.75, 3.05) is 20.2 Å². The van der Waals surface area contributed by atoms with Gasteiger partial charge in [0, 0.05) is 29.4 Å². The van der Waals surface area contributed by atoms with Crippen molar-refractivity contribution in [3.8, 4) is 5.75 Å². The van der Waals surface area contributed by atoms with Crippen molar-refractivity contribution in [3.05, 3.63) is 101 Å². The van der Waals surface area contributed by atoms with Crippen molar-refractivity contribution < 1.29 is 4.74 Å². The molecule has 0 aliphatic heterocycles. The molecule has 3 aromatic rings. The molecular formula is C28H32INO. The first-order chi connectivity index (χ1) is 15.0. The van der Waals surface area contributed by atoms with Gasteiger partial charge in [0.1, 0.15) is 12.4 Å². The highest BCUT2D eigenvalue weighted by Crippen LogP contribution is 2.35. The van der Waals surface area contributed by atoms with E-state index in [4.69, 9.17) is 4.74 Å². The van der Waals surface area contributed by atoms with Gasteiger partial charge in [0.05, 0.1) is 0 Å². The van der Waals surface area contributed by atoms with Crippen LogP contribution in [0.3, 0.4) is 0 Å². The lowest BCUT2D eigenvalue weighted by molar-refractivity contribution is 0.300. The number of ether oxygens (including phenoxy) is 1. The topological polar surface area (TPSA) is 12.5 Å². The van der Waals surface area contributed by atoms with Crippen LogP contribution >= 0.6 is 22.9 Å². The van der Waals surface area contributed by atoms with E-state index in [-0.39, 0.29) is 0 Å². The van der Waals surface area contributed by atoms with Crippen LogP contribution in [0.1, 0.15) is 55.4 Å². The third-order valence-corrected chi connectivity index (χ3v) is 5.94. The maximum Gasteiger partial charge on any atom is 0.119 e. The van der Waals surface area contributed by atoms with Gasteiger partial charge in [0.2, 0.25) is 0 Å². The first-order valence-corrected chi connectivity index (χ1v) is 11.9. The predicted molar refractivity (Wildman–Crippen MR) is 142 cm³/mol. The van der Waals surface area contributed by atoms with Gasteiger partial charge in [-0.2, -0.15) is 0 Å². The molecule has 0 aliphatic carbocycles. The Kier molecular flexibility index (Phi) is 8.73. The van der Waals surface area contributed by atoms with Crippen molar-refractivity contribution >= 4 is 34.0 Å². The van der Waals surface area contributed by atoms with Gasteiger partial charge in [-0.25, -0.2) is 3.11 Å². The van der Waals surface area contributed by atoms with Gasteiger partial charge in [0.25, 0.3) is 0 Å². The smallest absolute Gasteiger partial charge is 0.119 e. The monoisotopic (exact) mass is 525 g/mol. The molecule has 0 unspecified atom stereocenters. The normalized spacial score (nSPS) is 12.2. The molecule has 0 N–H and O–H groups in total. The molecule has 2 nitrogen and oxygen atoms in total. The van der Waals surface area contributed by atoms with E-state index < -0.39 is 0 Å². The van der Waals surface area contributed by atoms with E-state index >= 15 is 0 Å². The van der Waals surface area contributed by atoms with Crippen molar-refractivity contribution in [2.45, 2.75) is 33.1 Å². The molecule has 0 radical (unpaired) electrons. The standard InChI is InChI=1S/C28H32INO/c1-5-27(23-13-11-22(12-14-23)21(2)3)28(24-9-7-6-8-10-24)25-15-17-26(18-16-25)31-20-19-30(4)29/h6-18,21H,5,19-20H2,1-4H3/b28-27-. The maximum absolute atomic E-state index is 5.90. The van der Waals surface area contributed by atoms with Crippen LogP contribution in [0.4, 0.5) is 0 Å². The summed E-state index contributed by atoms with van der Waals surface area (Å²) in [6, 6.07) is 28.3. The van der Waals surface area contributed by atoms with Crippen LogP contribution in [0, 0.1) is 0 Å². The molecule has 0 bridgehead atoms. The summed E-state index contributed by atoms with van der Waals surface area (Å²) in [5.74, 6) is 1.45. The molecule has 0 aromatic heterocycles. The van der Waals surface area contributed by atoms with E-state index in [9.17, 15) is 0 Å². The molecule has 0 saturated heterocycles. The Morgan fingerprint density at radius 3 is 1.97 bits per heavy atom. The van der Waals surface area contributed by atoms with Crippen molar-refractivity contribution in [2.24, 2.45) is 0 Å². The van der Waals surface area contributed by atoms with Crippen LogP contribution in [-0.4, -0.2) is 23.3 Å². The Morgan fingerprint density at radius 1 is 0.839 bits per heavy atom. The molecular weight excluding hydrogens is 493 g/mol. The lowest BCUT2D eigenvalue weighted by Gasteiger charge is -2.17. The fourth-order valence-corrected chi connectivity index (χ4v) is 3.92. The van der Waals surface area contributed by atoms with Crippen LogP contribution in [0.2, 0.25) is 0 Å². The van der Waals surface area contributed by atoms with Gasteiger partial charge >= 0.3 is 0 Å². The first-order valence-electron chi connectivity index (χ1n) is 11.0. The first kappa shape index (κ1) is 23.6. The number of hydrogen-bond donors (Lipinski definition) is 0. The molecule has 0 fully saturated rings. The molecule has 0 atom stereocenters. The van der Waals surface area contributed by atoms with E-state index in [0.717, 1.165) is 18.7 Å². The second-order valence-corrected chi connectivity index (χ2v) is 9.70. The minimum atomic E-state index is 0.538. The van der Waals surface area contributed by atoms with E-state index in [1.54, 1.807) is 0 Å². The summed E-state index contributed by atoms with van der Waals surface area (Å²) in [6.07, 6.45) is 0.964. The molecule has 3 heteroatoms. The van der Waals surface area contributed by atoms with E-state index in [0.29, 0.717) is 12.5 Å². The lowest BCUT2D eigenvalue weighted by atomic mass is 9.87. The molecule has 3 rings (SSSR count). The zero-order chi connectivity index (χ0) is 22.2. The quantitative estimate of drug-likeness (QED) is 0.160. The molecule has 0 spiro atoms. The number of hydrogen-bond acceptors (Lipinski definition) is 2. The Morgan fingerprint density at radius 2 is 1.42 bits per heavy atom. The minimum absolute atomic E-state index is 0.538. The molecule has 31 heavy (non-hydrogen) atoms. The van der Waals surface area contributed by atoms with Crippen LogP contribution in [0.25, 0.3) is 11.1 Å². The number of benzene rings is 3. The maximum atomic E-state index is 5.90. The van der Waals surface area contributed by atoms with Gasteiger partial charge in [-0.15, -0.1) is 0 Å². The van der Waals surface area contributed by atoms with Crippen molar-refractivity contribution in [1.82, 2.24) is 3.11 Å². The highest BCUT2D eigenvalue weighted by atomic mass is 127. The largest absolute Gasteiger partial charge is 0.492 e. The molecule has 0 aliphatic rings. The third kappa shape index (κ3) is 6.44. The number of allylic oxidation sites excluding steroid dienone is 1. The number of rotatable bonds is 9. The number of halogens is 1. The molecule has 0 saturated carbocycles. The van der Waals surface area contributed by atoms with Crippen molar-refractivity contribution in [1.29, 1.82) is 0 Å². The predicted octanol–water partition coefficient (Wildman–Crippen LogP) is 7.84. The van der Waals surface area contributed by atoms with Gasteiger partial charge in [-0.05, 0) is 64.9 Å². The second kappa shape index (κ2) is 11.5. The Balaban J connectivity index is 2.01. The van der Waals surface area contributed by atoms with E-state index in [1.807, 2.05) is 7.05 Å². The molecule has 162 valence electrons. The summed E-state index contributed by atoms with van der Waals surface area (Å²) in [4.78, 5) is 0. The molecule has 3 aromatic carbocycles.